The molecule has 2 N–H and O–H groups in total. The molecule has 6 heterocycles. The van der Waals surface area contributed by atoms with Gasteiger partial charge in [-0.2, -0.15) is 19.2 Å². The second-order valence-electron chi connectivity index (χ2n) is 17.8. The average molecular weight is 845 g/mol. The van der Waals surface area contributed by atoms with E-state index < -0.39 is 13.3 Å². The van der Waals surface area contributed by atoms with Crippen LogP contribution in [0, 0.1) is 11.8 Å². The number of hydrogen-bond acceptors (Lipinski definition) is 6. The Bertz CT molecular complexity index is 2510. The van der Waals surface area contributed by atoms with Gasteiger partial charge < -0.3 is 19.8 Å². The standard InChI is InChI=1S/2C24H27FN4O2/c2*1-15-19(12-25)14-28(15)24(31)20-13-26-29-22(30)11-21(27-23(20)29)18-9-7-17(8-10-18)16-5-3-2-4-6-16/h2*7-11,13,15-16,19,27H,2-6,12,14H2,1H3/t2*15-,19-/m10/s1. The van der Waals surface area contributed by atoms with E-state index in [0.29, 0.717) is 58.7 Å². The summed E-state index contributed by atoms with van der Waals surface area (Å²) in [7, 11) is 0. The van der Waals surface area contributed by atoms with Gasteiger partial charge in [0, 0.05) is 49.1 Å². The number of carbonyl (C=O) groups is 2. The molecular formula is C48H54F2N8O4. The SMILES string of the molecule is C[C@@H]1[C@H](CF)CN1C(=O)c1cnn2c(=O)cc(-c3ccc(C4CCCCC4)cc3)[nH]c12.C[C@H]1[C@@H](CF)CN1C(=O)c1cnn2c(=O)cc(-c3ccc(C4CCCCC4)cc3)[nH]c12. The summed E-state index contributed by atoms with van der Waals surface area (Å²) >= 11 is 0. The van der Waals surface area contributed by atoms with Gasteiger partial charge in [0.2, 0.25) is 0 Å². The first-order valence-corrected chi connectivity index (χ1v) is 22.3. The molecule has 0 spiro atoms. The van der Waals surface area contributed by atoms with E-state index in [0.717, 1.165) is 11.1 Å². The van der Waals surface area contributed by atoms with Gasteiger partial charge in [0.15, 0.2) is 11.3 Å². The second kappa shape index (κ2) is 17.5. The third-order valence-corrected chi connectivity index (χ3v) is 14.2. The molecule has 2 aliphatic heterocycles. The van der Waals surface area contributed by atoms with Crippen molar-refractivity contribution in [2.75, 3.05) is 26.4 Å². The fraction of sp³-hybridized carbons (Fsp3) is 0.458. The molecule has 0 unspecified atom stereocenters. The van der Waals surface area contributed by atoms with Crippen molar-refractivity contribution >= 4 is 23.1 Å². The topological polar surface area (TPSA) is 141 Å². The highest BCUT2D eigenvalue weighted by Crippen LogP contribution is 2.35. The van der Waals surface area contributed by atoms with E-state index in [9.17, 15) is 28.0 Å². The van der Waals surface area contributed by atoms with Gasteiger partial charge in [0.05, 0.1) is 37.1 Å². The Balaban J connectivity index is 0.000000158. The van der Waals surface area contributed by atoms with E-state index in [1.165, 1.54) is 109 Å². The zero-order chi connectivity index (χ0) is 43.1. The van der Waals surface area contributed by atoms with E-state index in [1.807, 2.05) is 38.1 Å². The maximum Gasteiger partial charge on any atom is 0.274 e. The minimum Gasteiger partial charge on any atom is -0.339 e. The van der Waals surface area contributed by atoms with Crippen molar-refractivity contribution in [3.63, 3.8) is 0 Å². The molecule has 4 aliphatic rings. The molecule has 4 atom stereocenters. The first kappa shape index (κ1) is 41.4. The van der Waals surface area contributed by atoms with Crippen molar-refractivity contribution in [1.29, 1.82) is 0 Å². The molecule has 6 aromatic rings. The summed E-state index contributed by atoms with van der Waals surface area (Å²) in [4.78, 5) is 61.0. The molecule has 10 rings (SSSR count). The number of nitrogens with one attached hydrogen (secondary N) is 2. The van der Waals surface area contributed by atoms with Crippen molar-refractivity contribution in [3.8, 4) is 22.5 Å². The smallest absolute Gasteiger partial charge is 0.274 e. The molecule has 2 aliphatic carbocycles. The molecular weight excluding hydrogens is 791 g/mol. The molecule has 4 aromatic heterocycles. The lowest BCUT2D eigenvalue weighted by Gasteiger charge is -2.45. The van der Waals surface area contributed by atoms with E-state index in [4.69, 9.17) is 0 Å². The van der Waals surface area contributed by atoms with Crippen LogP contribution in [0.2, 0.25) is 0 Å². The fourth-order valence-electron chi connectivity index (χ4n) is 9.91. The summed E-state index contributed by atoms with van der Waals surface area (Å²) in [6.45, 7) is 3.61. The fourth-order valence-corrected chi connectivity index (χ4v) is 9.91. The zero-order valence-electron chi connectivity index (χ0n) is 35.4. The van der Waals surface area contributed by atoms with Crippen molar-refractivity contribution in [1.82, 2.24) is 39.0 Å². The molecule has 14 heteroatoms. The predicted octanol–water partition coefficient (Wildman–Crippen LogP) is 8.33. The van der Waals surface area contributed by atoms with Gasteiger partial charge in [-0.3, -0.25) is 28.0 Å². The lowest BCUT2D eigenvalue weighted by Crippen LogP contribution is -2.57. The van der Waals surface area contributed by atoms with E-state index in [1.54, 1.807) is 9.80 Å². The van der Waals surface area contributed by atoms with Gasteiger partial charge in [-0.25, -0.2) is 0 Å². The molecule has 2 saturated carbocycles. The van der Waals surface area contributed by atoms with Crippen LogP contribution in [0.3, 0.4) is 0 Å². The van der Waals surface area contributed by atoms with Gasteiger partial charge in [0.25, 0.3) is 22.9 Å². The van der Waals surface area contributed by atoms with Crippen LogP contribution in [0.5, 0.6) is 0 Å². The van der Waals surface area contributed by atoms with Crippen LogP contribution in [0.1, 0.15) is 122 Å². The number of alkyl halides is 2. The maximum atomic E-state index is 13.0. The van der Waals surface area contributed by atoms with Crippen LogP contribution in [0.4, 0.5) is 8.78 Å². The normalized spacial score (nSPS) is 21.9. The van der Waals surface area contributed by atoms with Gasteiger partial charge in [-0.05, 0) is 73.6 Å². The van der Waals surface area contributed by atoms with E-state index >= 15 is 0 Å². The minimum atomic E-state index is -0.433. The van der Waals surface area contributed by atoms with Crippen molar-refractivity contribution in [2.45, 2.75) is 102 Å². The monoisotopic (exact) mass is 844 g/mol. The molecule has 0 bridgehead atoms. The number of fused-ring (bicyclic) bond motifs is 2. The predicted molar refractivity (Wildman–Crippen MR) is 234 cm³/mol. The number of rotatable bonds is 8. The number of benzene rings is 2. The first-order valence-electron chi connectivity index (χ1n) is 22.3. The Morgan fingerprint density at radius 1 is 0.597 bits per heavy atom. The molecule has 2 aromatic carbocycles. The zero-order valence-corrected chi connectivity index (χ0v) is 35.4. The largest absolute Gasteiger partial charge is 0.339 e. The van der Waals surface area contributed by atoms with Crippen molar-refractivity contribution in [3.05, 3.63) is 116 Å². The Labute approximate surface area is 358 Å². The van der Waals surface area contributed by atoms with Crippen molar-refractivity contribution < 1.29 is 18.4 Å². The highest BCUT2D eigenvalue weighted by Gasteiger charge is 2.41. The number of aromatic nitrogens is 6. The van der Waals surface area contributed by atoms with Crippen LogP contribution in [-0.2, 0) is 0 Å². The molecule has 324 valence electrons. The Morgan fingerprint density at radius 3 is 1.31 bits per heavy atom. The molecule has 12 nitrogen and oxygen atoms in total. The van der Waals surface area contributed by atoms with Crippen LogP contribution in [-0.4, -0.2) is 89.3 Å². The average Bonchev–Trinajstić information content (AvgIpc) is 3.95. The summed E-state index contributed by atoms with van der Waals surface area (Å²) in [5.74, 6) is 0.538. The number of halogens is 2. The number of likely N-dealkylation sites (tertiary alicyclic amines) is 2. The number of hydrogen-bond donors (Lipinski definition) is 2. The van der Waals surface area contributed by atoms with E-state index in [2.05, 4.69) is 44.4 Å². The molecule has 62 heavy (non-hydrogen) atoms. The Morgan fingerprint density at radius 2 is 0.968 bits per heavy atom. The molecule has 0 radical (unpaired) electrons. The summed E-state index contributed by atoms with van der Waals surface area (Å²) in [5.41, 5.74) is 6.63. The van der Waals surface area contributed by atoms with Gasteiger partial charge in [-0.1, -0.05) is 87.1 Å². The van der Waals surface area contributed by atoms with Crippen molar-refractivity contribution in [2.24, 2.45) is 11.8 Å². The highest BCUT2D eigenvalue weighted by atomic mass is 19.1. The van der Waals surface area contributed by atoms with E-state index in [-0.39, 0.29) is 46.9 Å². The first-order chi connectivity index (χ1) is 30.1. The quantitative estimate of drug-likeness (QED) is 0.158. The lowest BCUT2D eigenvalue weighted by atomic mass is 9.84. The number of aromatic amines is 2. The summed E-state index contributed by atoms with van der Waals surface area (Å²) in [5, 5.41) is 8.21. The minimum absolute atomic E-state index is 0.122. The summed E-state index contributed by atoms with van der Waals surface area (Å²) in [6.07, 6.45) is 15.6. The maximum absolute atomic E-state index is 13.0. The molecule has 2 saturated heterocycles. The second-order valence-corrected chi connectivity index (χ2v) is 17.8. The summed E-state index contributed by atoms with van der Waals surface area (Å²) < 4.78 is 28.3. The highest BCUT2D eigenvalue weighted by molar-refractivity contribution is 6.01. The van der Waals surface area contributed by atoms with Crippen LogP contribution in [0.25, 0.3) is 33.8 Å². The van der Waals surface area contributed by atoms with Crippen LogP contribution < -0.4 is 11.1 Å². The van der Waals surface area contributed by atoms with Crippen LogP contribution in [0.15, 0.2) is 82.6 Å². The number of amides is 2. The number of carbonyl (C=O) groups excluding carboxylic acids is 2. The van der Waals surface area contributed by atoms with Gasteiger partial charge >= 0.3 is 0 Å². The van der Waals surface area contributed by atoms with Gasteiger partial charge in [0.1, 0.15) is 11.1 Å². The molecule has 2 amide bonds. The Hall–Kier alpha value is -5.92. The number of nitrogens with zero attached hydrogens (tertiary/aromatic N) is 6. The Kier molecular flexibility index (Phi) is 11.7. The molecule has 4 fully saturated rings. The third-order valence-electron chi connectivity index (χ3n) is 14.2. The number of H-pyrrole nitrogens is 2. The lowest BCUT2D eigenvalue weighted by molar-refractivity contribution is 0.0135. The van der Waals surface area contributed by atoms with Gasteiger partial charge in [-0.15, -0.1) is 0 Å². The third kappa shape index (κ3) is 7.77. The van der Waals surface area contributed by atoms with Crippen LogP contribution >= 0.6 is 0 Å². The summed E-state index contributed by atoms with van der Waals surface area (Å²) in [6, 6.07) is 19.4.